The molecule has 27 heavy (non-hydrogen) atoms. The summed E-state index contributed by atoms with van der Waals surface area (Å²) in [5.74, 6) is 4.40. The van der Waals surface area contributed by atoms with Crippen molar-refractivity contribution >= 4 is 11.6 Å². The highest BCUT2D eigenvalue weighted by molar-refractivity contribution is 5.96. The van der Waals surface area contributed by atoms with Gasteiger partial charge in [-0.3, -0.25) is 4.79 Å². The average molecular weight is 369 g/mol. The van der Waals surface area contributed by atoms with E-state index in [-0.39, 0.29) is 5.69 Å². The lowest BCUT2D eigenvalue weighted by Gasteiger charge is -2.20. The minimum absolute atomic E-state index is 0.0610. The Balaban J connectivity index is 1.72. The van der Waals surface area contributed by atoms with Crippen LogP contribution in [0.5, 0.6) is 0 Å². The van der Waals surface area contributed by atoms with Crippen LogP contribution < -0.4 is 5.32 Å². The van der Waals surface area contributed by atoms with E-state index in [0.29, 0.717) is 11.5 Å². The number of rotatable bonds is 2. The lowest BCUT2D eigenvalue weighted by atomic mass is 9.85. The quantitative estimate of drug-likeness (QED) is 0.703. The molecule has 1 amide bonds. The zero-order valence-electron chi connectivity index (χ0n) is 14.5. The van der Waals surface area contributed by atoms with Gasteiger partial charge in [0.1, 0.15) is 0 Å². The van der Waals surface area contributed by atoms with Gasteiger partial charge in [-0.05, 0) is 48.4 Å². The van der Waals surface area contributed by atoms with Crippen LogP contribution in [0.25, 0.3) is 0 Å². The molecule has 2 aromatic carbocycles. The summed E-state index contributed by atoms with van der Waals surface area (Å²) in [6.45, 7) is 0. The molecule has 1 atom stereocenters. The fourth-order valence-corrected chi connectivity index (χ4v) is 3.02. The van der Waals surface area contributed by atoms with Gasteiger partial charge >= 0.3 is 12.1 Å². The molecule has 1 aliphatic carbocycles. The highest BCUT2D eigenvalue weighted by Gasteiger charge is 2.38. The van der Waals surface area contributed by atoms with Crippen molar-refractivity contribution in [1.29, 1.82) is 0 Å². The Labute approximate surface area is 156 Å². The molecule has 5 heteroatoms. The lowest BCUT2D eigenvalue weighted by molar-refractivity contribution is -0.167. The topological polar surface area (TPSA) is 29.1 Å². The second-order valence-corrected chi connectivity index (χ2v) is 6.36. The monoisotopic (exact) mass is 369 g/mol. The molecule has 0 heterocycles. The molecule has 0 aromatic heterocycles. The van der Waals surface area contributed by atoms with Gasteiger partial charge in [0.2, 0.25) is 0 Å². The molecule has 0 aliphatic heterocycles. The number of hydrogen-bond donors (Lipinski definition) is 1. The molecule has 1 unspecified atom stereocenters. The summed E-state index contributed by atoms with van der Waals surface area (Å²) in [6.07, 6.45) is -0.148. The van der Waals surface area contributed by atoms with Crippen LogP contribution >= 0.6 is 0 Å². The number of anilines is 1. The number of halogens is 3. The zero-order valence-corrected chi connectivity index (χ0v) is 14.5. The first-order chi connectivity index (χ1) is 12.9. The van der Waals surface area contributed by atoms with Crippen molar-refractivity contribution < 1.29 is 18.0 Å². The van der Waals surface area contributed by atoms with E-state index in [4.69, 9.17) is 0 Å². The van der Waals surface area contributed by atoms with Crippen molar-refractivity contribution in [3.8, 4) is 11.8 Å². The number of allylic oxidation sites excluding steroid dienone is 2. The third-order valence-corrected chi connectivity index (χ3v) is 4.47. The number of hydrogen-bond acceptors (Lipinski definition) is 1. The van der Waals surface area contributed by atoms with Crippen molar-refractivity contribution in [2.75, 3.05) is 5.32 Å². The number of para-hydroxylation sites is 1. The molecule has 0 bridgehead atoms. The summed E-state index contributed by atoms with van der Waals surface area (Å²) < 4.78 is 37.4. The fourth-order valence-electron chi connectivity index (χ4n) is 3.02. The number of benzene rings is 2. The number of alkyl halides is 3. The number of amides is 1. The van der Waals surface area contributed by atoms with E-state index in [1.54, 1.807) is 18.2 Å². The molecule has 0 saturated carbocycles. The molecular weight excluding hydrogens is 351 g/mol. The van der Waals surface area contributed by atoms with Gasteiger partial charge in [0.05, 0.1) is 5.69 Å². The van der Waals surface area contributed by atoms with Crippen molar-refractivity contribution in [2.45, 2.75) is 31.4 Å². The summed E-state index contributed by atoms with van der Waals surface area (Å²) in [7, 11) is 0. The van der Waals surface area contributed by atoms with Gasteiger partial charge in [0.25, 0.3) is 0 Å². The van der Waals surface area contributed by atoms with Gasteiger partial charge < -0.3 is 5.32 Å². The van der Waals surface area contributed by atoms with Gasteiger partial charge in [-0.2, -0.15) is 13.2 Å². The predicted octanol–water partition coefficient (Wildman–Crippen LogP) is 5.43. The van der Waals surface area contributed by atoms with Crippen LogP contribution in [0, 0.1) is 11.8 Å². The summed E-state index contributed by atoms with van der Waals surface area (Å²) in [5, 5.41) is 1.88. The number of carbonyl (C=O) groups excluding carboxylic acids is 1. The summed E-state index contributed by atoms with van der Waals surface area (Å²) >= 11 is 0. The Hall–Kier alpha value is -3.00. The van der Waals surface area contributed by atoms with Gasteiger partial charge in [0, 0.05) is 5.56 Å². The van der Waals surface area contributed by atoms with E-state index < -0.39 is 12.1 Å². The molecular formula is C22H18F3NO. The highest BCUT2D eigenvalue weighted by atomic mass is 19.4. The Morgan fingerprint density at radius 3 is 2.37 bits per heavy atom. The first-order valence-electron chi connectivity index (χ1n) is 8.66. The van der Waals surface area contributed by atoms with E-state index in [1.165, 1.54) is 11.6 Å². The third-order valence-electron chi connectivity index (χ3n) is 4.47. The Kier molecular flexibility index (Phi) is 5.66. The third kappa shape index (κ3) is 5.01. The predicted molar refractivity (Wildman–Crippen MR) is 99.1 cm³/mol. The lowest BCUT2D eigenvalue weighted by Crippen LogP contribution is -2.30. The summed E-state index contributed by atoms with van der Waals surface area (Å²) in [4.78, 5) is 11.2. The van der Waals surface area contributed by atoms with Crippen molar-refractivity contribution in [3.63, 3.8) is 0 Å². The molecule has 0 fully saturated rings. The van der Waals surface area contributed by atoms with E-state index in [0.717, 1.165) is 24.8 Å². The van der Waals surface area contributed by atoms with Gasteiger partial charge in [0.15, 0.2) is 0 Å². The summed E-state index contributed by atoms with van der Waals surface area (Å²) in [5.41, 5.74) is 2.70. The van der Waals surface area contributed by atoms with Crippen LogP contribution in [0.15, 0.2) is 66.2 Å². The maximum atomic E-state index is 12.5. The average Bonchev–Trinajstić information content (AvgIpc) is 2.68. The Morgan fingerprint density at radius 1 is 1.00 bits per heavy atom. The molecule has 0 radical (unpaired) electrons. The van der Waals surface area contributed by atoms with Gasteiger partial charge in [-0.1, -0.05) is 60.4 Å². The molecule has 1 N–H and O–H groups in total. The van der Waals surface area contributed by atoms with Crippen molar-refractivity contribution in [1.82, 2.24) is 0 Å². The van der Waals surface area contributed by atoms with E-state index in [2.05, 4.69) is 30.0 Å². The van der Waals surface area contributed by atoms with Crippen LogP contribution in [0.2, 0.25) is 0 Å². The minimum Gasteiger partial charge on any atom is -0.317 e. The normalized spacial score (nSPS) is 16.7. The van der Waals surface area contributed by atoms with Crippen LogP contribution in [-0.4, -0.2) is 12.1 Å². The Morgan fingerprint density at radius 2 is 1.70 bits per heavy atom. The maximum Gasteiger partial charge on any atom is 0.471 e. The molecule has 2 aromatic rings. The number of nitrogens with one attached hydrogen (secondary N) is 1. The van der Waals surface area contributed by atoms with E-state index in [9.17, 15) is 18.0 Å². The molecule has 2 nitrogen and oxygen atoms in total. The second kappa shape index (κ2) is 8.13. The maximum absolute atomic E-state index is 12.5. The van der Waals surface area contributed by atoms with Crippen molar-refractivity contribution in [3.05, 3.63) is 77.4 Å². The van der Waals surface area contributed by atoms with Crippen LogP contribution in [-0.2, 0) is 4.79 Å². The second-order valence-electron chi connectivity index (χ2n) is 6.36. The molecule has 0 saturated heterocycles. The smallest absolute Gasteiger partial charge is 0.317 e. The first-order valence-corrected chi connectivity index (χ1v) is 8.66. The SMILES string of the molecule is O=C(Nc1ccccc1C#CC1=CCC(c2ccccc2)CC1)C(F)(F)F. The van der Waals surface area contributed by atoms with Crippen LogP contribution in [0.1, 0.15) is 36.3 Å². The van der Waals surface area contributed by atoms with Crippen LogP contribution in [0.4, 0.5) is 18.9 Å². The molecule has 138 valence electrons. The largest absolute Gasteiger partial charge is 0.471 e. The highest BCUT2D eigenvalue weighted by Crippen LogP contribution is 2.31. The molecule has 1 aliphatic rings. The van der Waals surface area contributed by atoms with E-state index in [1.807, 2.05) is 23.5 Å². The molecule has 0 spiro atoms. The first kappa shape index (κ1) is 18.8. The summed E-state index contributed by atoms with van der Waals surface area (Å²) in [6, 6.07) is 16.5. The number of carbonyl (C=O) groups is 1. The van der Waals surface area contributed by atoms with E-state index >= 15 is 0 Å². The minimum atomic E-state index is -4.93. The van der Waals surface area contributed by atoms with Gasteiger partial charge in [-0.15, -0.1) is 0 Å². The fraction of sp³-hybridized carbons (Fsp3) is 0.227. The van der Waals surface area contributed by atoms with Gasteiger partial charge in [-0.25, -0.2) is 0 Å². The Bertz CT molecular complexity index is 904. The van der Waals surface area contributed by atoms with Crippen molar-refractivity contribution in [2.24, 2.45) is 0 Å². The zero-order chi connectivity index (χ0) is 19.3. The standard InChI is InChI=1S/C22H18F3NO/c23-22(24,25)21(27)26-20-9-5-4-8-19(20)15-12-16-10-13-18(14-11-16)17-6-2-1-3-7-17/h1-10,18H,11,13-14H2,(H,26,27). The molecule has 3 rings (SSSR count). The van der Waals surface area contributed by atoms with Crippen LogP contribution in [0.3, 0.4) is 0 Å².